The summed E-state index contributed by atoms with van der Waals surface area (Å²) in [6, 6.07) is 45.3. The van der Waals surface area contributed by atoms with Gasteiger partial charge in [-0.05, 0) is 67.7 Å². The van der Waals surface area contributed by atoms with E-state index in [4.69, 9.17) is 8.83 Å². The van der Waals surface area contributed by atoms with Crippen LogP contribution in [0.5, 0.6) is 0 Å². The normalized spacial score (nSPS) is 12.0. The Morgan fingerprint density at radius 3 is 1.75 bits per heavy atom. The summed E-state index contributed by atoms with van der Waals surface area (Å²) in [4.78, 5) is 0. The molecule has 0 unspecified atom stereocenters. The lowest BCUT2D eigenvalue weighted by molar-refractivity contribution is 0.616. The molecule has 0 radical (unpaired) electrons. The molecule has 0 amide bonds. The van der Waals surface area contributed by atoms with Gasteiger partial charge in [-0.1, -0.05) is 103 Å². The molecule has 0 saturated carbocycles. The SMILES string of the molecule is c1ccc2cc(-c3c4ccccc4c(-c4c5ccoc5cc5c4oc4ccccc45)c4ccccc34)ccc2c1. The van der Waals surface area contributed by atoms with Crippen molar-refractivity contribution in [2.24, 2.45) is 0 Å². The Morgan fingerprint density at radius 2 is 1.00 bits per heavy atom. The van der Waals surface area contributed by atoms with Gasteiger partial charge in [0.25, 0.3) is 0 Å². The first-order valence-corrected chi connectivity index (χ1v) is 13.6. The largest absolute Gasteiger partial charge is 0.464 e. The molecular weight excluding hydrogens is 488 g/mol. The van der Waals surface area contributed by atoms with Crippen molar-refractivity contribution in [3.8, 4) is 22.3 Å². The van der Waals surface area contributed by atoms with E-state index in [1.807, 2.05) is 12.1 Å². The van der Waals surface area contributed by atoms with Gasteiger partial charge in [0.15, 0.2) is 0 Å². The monoisotopic (exact) mass is 510 g/mol. The van der Waals surface area contributed by atoms with Gasteiger partial charge in [-0.15, -0.1) is 0 Å². The van der Waals surface area contributed by atoms with E-state index >= 15 is 0 Å². The van der Waals surface area contributed by atoms with E-state index in [9.17, 15) is 0 Å². The molecule has 0 fully saturated rings. The molecule has 0 saturated heterocycles. The lowest BCUT2D eigenvalue weighted by atomic mass is 9.84. The highest BCUT2D eigenvalue weighted by Gasteiger charge is 2.23. The van der Waals surface area contributed by atoms with Gasteiger partial charge >= 0.3 is 0 Å². The van der Waals surface area contributed by atoms with Crippen molar-refractivity contribution in [2.45, 2.75) is 0 Å². The lowest BCUT2D eigenvalue weighted by Gasteiger charge is -2.18. The molecule has 0 atom stereocenters. The molecule has 0 aliphatic carbocycles. The fraction of sp³-hybridized carbons (Fsp3) is 0. The van der Waals surface area contributed by atoms with Gasteiger partial charge < -0.3 is 8.83 Å². The van der Waals surface area contributed by atoms with E-state index in [2.05, 4.69) is 115 Å². The van der Waals surface area contributed by atoms with E-state index in [0.717, 1.165) is 38.5 Å². The van der Waals surface area contributed by atoms with Crippen LogP contribution in [0.1, 0.15) is 0 Å². The third kappa shape index (κ3) is 2.93. The van der Waals surface area contributed by atoms with Crippen LogP contribution in [0.4, 0.5) is 0 Å². The van der Waals surface area contributed by atoms with Crippen molar-refractivity contribution in [1.82, 2.24) is 0 Å². The number of hydrogen-bond donors (Lipinski definition) is 0. The predicted octanol–water partition coefficient (Wildman–Crippen LogP) is 11.1. The molecule has 0 aliphatic rings. The van der Waals surface area contributed by atoms with Gasteiger partial charge in [0.1, 0.15) is 16.7 Å². The van der Waals surface area contributed by atoms with Crippen molar-refractivity contribution in [3.63, 3.8) is 0 Å². The highest BCUT2D eigenvalue weighted by atomic mass is 16.3. The van der Waals surface area contributed by atoms with Crippen LogP contribution in [-0.2, 0) is 0 Å². The first kappa shape index (κ1) is 21.6. The molecule has 0 N–H and O–H groups in total. The maximum absolute atomic E-state index is 6.63. The Bertz CT molecular complexity index is 2380. The van der Waals surface area contributed by atoms with Gasteiger partial charge in [0.05, 0.1) is 6.26 Å². The van der Waals surface area contributed by atoms with Gasteiger partial charge in [0, 0.05) is 27.3 Å². The molecule has 186 valence electrons. The molecule has 9 rings (SSSR count). The maximum atomic E-state index is 6.63. The Morgan fingerprint density at radius 1 is 0.375 bits per heavy atom. The minimum absolute atomic E-state index is 0.862. The van der Waals surface area contributed by atoms with Crippen molar-refractivity contribution in [3.05, 3.63) is 134 Å². The van der Waals surface area contributed by atoms with Gasteiger partial charge in [0.2, 0.25) is 0 Å². The van der Waals surface area contributed by atoms with E-state index in [0.29, 0.717) is 0 Å². The van der Waals surface area contributed by atoms with Crippen molar-refractivity contribution < 1.29 is 8.83 Å². The average molecular weight is 511 g/mol. The summed E-state index contributed by atoms with van der Waals surface area (Å²) in [5, 5.41) is 10.5. The molecule has 2 aromatic heterocycles. The van der Waals surface area contributed by atoms with Crippen molar-refractivity contribution in [1.29, 1.82) is 0 Å². The number of hydrogen-bond acceptors (Lipinski definition) is 2. The van der Waals surface area contributed by atoms with Crippen LogP contribution in [0.2, 0.25) is 0 Å². The number of benzene rings is 7. The fourth-order valence-corrected chi connectivity index (χ4v) is 6.59. The van der Waals surface area contributed by atoms with Crippen LogP contribution in [0.25, 0.3) is 87.5 Å². The second-order valence-corrected chi connectivity index (χ2v) is 10.5. The highest BCUT2D eigenvalue weighted by Crippen LogP contribution is 2.49. The lowest BCUT2D eigenvalue weighted by Crippen LogP contribution is -1.92. The van der Waals surface area contributed by atoms with Gasteiger partial charge in [-0.3, -0.25) is 0 Å². The molecular formula is C38H22O2. The summed E-state index contributed by atoms with van der Waals surface area (Å²) in [7, 11) is 0. The summed E-state index contributed by atoms with van der Waals surface area (Å²) >= 11 is 0. The maximum Gasteiger partial charge on any atom is 0.144 e. The number of fused-ring (bicyclic) bond motifs is 7. The van der Waals surface area contributed by atoms with Crippen molar-refractivity contribution >= 4 is 65.2 Å². The zero-order chi connectivity index (χ0) is 26.2. The molecule has 0 bridgehead atoms. The highest BCUT2D eigenvalue weighted by molar-refractivity contribution is 6.28. The third-order valence-electron chi connectivity index (χ3n) is 8.32. The summed E-state index contributed by atoms with van der Waals surface area (Å²) in [6.45, 7) is 0. The minimum Gasteiger partial charge on any atom is -0.464 e. The van der Waals surface area contributed by atoms with Crippen LogP contribution in [0.3, 0.4) is 0 Å². The summed E-state index contributed by atoms with van der Waals surface area (Å²) in [5.41, 5.74) is 7.35. The molecule has 0 aliphatic heterocycles. The third-order valence-corrected chi connectivity index (χ3v) is 8.32. The first-order chi connectivity index (χ1) is 19.8. The van der Waals surface area contributed by atoms with E-state index in [-0.39, 0.29) is 0 Å². The van der Waals surface area contributed by atoms with Gasteiger partial charge in [-0.25, -0.2) is 0 Å². The van der Waals surface area contributed by atoms with Crippen LogP contribution in [0.15, 0.2) is 142 Å². The molecule has 2 heteroatoms. The quantitative estimate of drug-likeness (QED) is 0.216. The van der Waals surface area contributed by atoms with Crippen molar-refractivity contribution in [2.75, 3.05) is 0 Å². The van der Waals surface area contributed by atoms with Gasteiger partial charge in [-0.2, -0.15) is 0 Å². The molecule has 7 aromatic carbocycles. The topological polar surface area (TPSA) is 26.3 Å². The van der Waals surface area contributed by atoms with Crippen LogP contribution in [0, 0.1) is 0 Å². The Balaban J connectivity index is 1.49. The van der Waals surface area contributed by atoms with Crippen LogP contribution in [-0.4, -0.2) is 0 Å². The second kappa shape index (κ2) is 8.08. The smallest absolute Gasteiger partial charge is 0.144 e. The zero-order valence-corrected chi connectivity index (χ0v) is 21.5. The average Bonchev–Trinajstić information content (AvgIpc) is 3.63. The minimum atomic E-state index is 0.862. The molecule has 9 aromatic rings. The zero-order valence-electron chi connectivity index (χ0n) is 21.5. The summed E-state index contributed by atoms with van der Waals surface area (Å²) in [5.74, 6) is 0. The standard InChI is InChI=1S/C38H22O2/c1-2-10-24-21-25(18-17-23(24)9-1)35-27-12-3-5-14-29(27)36(30-15-6-4-13-28(30)35)37-31-19-20-39-34(31)22-32-26-11-7-8-16-33(26)40-38(32)37/h1-22H. The molecule has 0 spiro atoms. The van der Waals surface area contributed by atoms with E-state index < -0.39 is 0 Å². The fourth-order valence-electron chi connectivity index (χ4n) is 6.59. The van der Waals surface area contributed by atoms with E-state index in [1.165, 1.54) is 49.0 Å². The van der Waals surface area contributed by atoms with E-state index in [1.54, 1.807) is 6.26 Å². The second-order valence-electron chi connectivity index (χ2n) is 10.5. The number of para-hydroxylation sites is 1. The molecule has 2 nitrogen and oxygen atoms in total. The Kier molecular flexibility index (Phi) is 4.36. The predicted molar refractivity (Wildman–Crippen MR) is 167 cm³/mol. The first-order valence-electron chi connectivity index (χ1n) is 13.6. The summed E-state index contributed by atoms with van der Waals surface area (Å²) in [6.07, 6.45) is 1.78. The van der Waals surface area contributed by atoms with Crippen LogP contribution >= 0.6 is 0 Å². The van der Waals surface area contributed by atoms with Crippen LogP contribution < -0.4 is 0 Å². The molecule has 40 heavy (non-hydrogen) atoms. The summed E-state index contributed by atoms with van der Waals surface area (Å²) < 4.78 is 12.7. The number of rotatable bonds is 2. The Labute approximate surface area is 229 Å². The molecule has 2 heterocycles. The Hall–Kier alpha value is -5.34. The number of furan rings is 2.